The summed E-state index contributed by atoms with van der Waals surface area (Å²) in [4.78, 5) is 6.75. The molecule has 1 aliphatic rings. The molecule has 0 radical (unpaired) electrons. The lowest BCUT2D eigenvalue weighted by Crippen LogP contribution is -2.45. The predicted octanol–water partition coefficient (Wildman–Crippen LogP) is 2.51. The quantitative estimate of drug-likeness (QED) is 0.686. The highest BCUT2D eigenvalue weighted by molar-refractivity contribution is 5.80. The molecule has 0 saturated carbocycles. The van der Waals surface area contributed by atoms with Gasteiger partial charge in [0.05, 0.1) is 14.2 Å². The average molecular weight is 305 g/mol. The van der Waals surface area contributed by atoms with Gasteiger partial charge in [0.25, 0.3) is 0 Å². The van der Waals surface area contributed by atoms with Crippen LogP contribution in [0, 0.1) is 5.92 Å². The molecule has 1 fully saturated rings. The van der Waals surface area contributed by atoms with Gasteiger partial charge >= 0.3 is 0 Å². The van der Waals surface area contributed by atoms with Gasteiger partial charge in [0.15, 0.2) is 17.5 Å². The second-order valence-corrected chi connectivity index (χ2v) is 5.75. The Morgan fingerprint density at radius 2 is 2.18 bits per heavy atom. The first-order chi connectivity index (χ1) is 10.7. The van der Waals surface area contributed by atoms with E-state index in [9.17, 15) is 0 Å². The normalized spacial score (nSPS) is 19.0. The van der Waals surface area contributed by atoms with E-state index in [0.717, 1.165) is 42.0 Å². The molecule has 1 aliphatic heterocycles. The predicted molar refractivity (Wildman–Crippen MR) is 89.7 cm³/mol. The number of rotatable bonds is 4. The first kappa shape index (κ1) is 16.5. The van der Waals surface area contributed by atoms with E-state index in [0.29, 0.717) is 6.54 Å². The zero-order valence-corrected chi connectivity index (χ0v) is 14.1. The van der Waals surface area contributed by atoms with Crippen molar-refractivity contribution in [3.63, 3.8) is 0 Å². The van der Waals surface area contributed by atoms with Crippen molar-refractivity contribution in [1.82, 2.24) is 10.2 Å². The molecular formula is C17H27N3O2. The van der Waals surface area contributed by atoms with Crippen molar-refractivity contribution < 1.29 is 9.47 Å². The molecule has 1 unspecified atom stereocenters. The van der Waals surface area contributed by atoms with Crippen LogP contribution in [0.1, 0.15) is 25.3 Å². The molecule has 1 N–H and O–H groups in total. The summed E-state index contributed by atoms with van der Waals surface area (Å²) in [6, 6.07) is 5.92. The van der Waals surface area contributed by atoms with Gasteiger partial charge in [-0.25, -0.2) is 0 Å². The van der Waals surface area contributed by atoms with Crippen molar-refractivity contribution in [3.05, 3.63) is 23.8 Å². The van der Waals surface area contributed by atoms with Crippen LogP contribution in [0.3, 0.4) is 0 Å². The summed E-state index contributed by atoms with van der Waals surface area (Å²) in [6.45, 7) is 5.09. The number of hydrogen-bond donors (Lipinski definition) is 1. The van der Waals surface area contributed by atoms with E-state index in [-0.39, 0.29) is 0 Å². The molecule has 0 aliphatic carbocycles. The van der Waals surface area contributed by atoms with E-state index in [2.05, 4.69) is 22.1 Å². The van der Waals surface area contributed by atoms with Crippen LogP contribution in [0.2, 0.25) is 0 Å². The molecule has 1 atom stereocenters. The minimum atomic E-state index is 0.665. The van der Waals surface area contributed by atoms with Gasteiger partial charge in [-0.1, -0.05) is 19.1 Å². The number of nitrogens with one attached hydrogen (secondary N) is 1. The van der Waals surface area contributed by atoms with E-state index >= 15 is 0 Å². The number of aliphatic imine (C=N–C) groups is 1. The first-order valence-electron chi connectivity index (χ1n) is 7.85. The Bertz CT molecular complexity index is 517. The number of guanidine groups is 1. The Morgan fingerprint density at radius 1 is 1.36 bits per heavy atom. The van der Waals surface area contributed by atoms with Crippen LogP contribution in [-0.2, 0) is 6.54 Å². The lowest BCUT2D eigenvalue weighted by Gasteiger charge is -2.33. The van der Waals surface area contributed by atoms with E-state index in [1.54, 1.807) is 14.2 Å². The van der Waals surface area contributed by atoms with Gasteiger partial charge in [0, 0.05) is 32.2 Å². The van der Waals surface area contributed by atoms with Crippen LogP contribution >= 0.6 is 0 Å². The molecule has 5 heteroatoms. The number of hydrogen-bond acceptors (Lipinski definition) is 3. The summed E-state index contributed by atoms with van der Waals surface area (Å²) in [5.41, 5.74) is 1.06. The fourth-order valence-electron chi connectivity index (χ4n) is 2.98. The maximum Gasteiger partial charge on any atom is 0.193 e. The number of piperidine rings is 1. The molecular weight excluding hydrogens is 278 g/mol. The van der Waals surface area contributed by atoms with Crippen molar-refractivity contribution in [2.24, 2.45) is 10.9 Å². The average Bonchev–Trinajstić information content (AvgIpc) is 2.55. The Hall–Kier alpha value is -1.91. The fraction of sp³-hybridized carbons (Fsp3) is 0.588. The Kier molecular flexibility index (Phi) is 5.92. The molecule has 122 valence electrons. The molecule has 0 bridgehead atoms. The van der Waals surface area contributed by atoms with Crippen LogP contribution in [0.5, 0.6) is 11.5 Å². The summed E-state index contributed by atoms with van der Waals surface area (Å²) in [6.07, 6.45) is 2.53. The largest absolute Gasteiger partial charge is 0.493 e. The molecule has 1 saturated heterocycles. The van der Waals surface area contributed by atoms with E-state index in [1.165, 1.54) is 12.8 Å². The highest BCUT2D eigenvalue weighted by Crippen LogP contribution is 2.30. The van der Waals surface area contributed by atoms with Crippen LogP contribution in [0.4, 0.5) is 0 Å². The highest BCUT2D eigenvalue weighted by Gasteiger charge is 2.19. The summed E-state index contributed by atoms with van der Waals surface area (Å²) < 4.78 is 10.8. The summed E-state index contributed by atoms with van der Waals surface area (Å²) in [5, 5.41) is 3.44. The van der Waals surface area contributed by atoms with Gasteiger partial charge in [-0.15, -0.1) is 0 Å². The molecule has 2 rings (SSSR count). The van der Waals surface area contributed by atoms with E-state index in [1.807, 2.05) is 25.2 Å². The van der Waals surface area contributed by atoms with Crippen LogP contribution in [-0.4, -0.2) is 45.2 Å². The second kappa shape index (κ2) is 7.92. The van der Waals surface area contributed by atoms with Crippen molar-refractivity contribution in [3.8, 4) is 11.5 Å². The van der Waals surface area contributed by atoms with E-state index in [4.69, 9.17) is 9.47 Å². The number of nitrogens with zero attached hydrogens (tertiary/aromatic N) is 2. The maximum atomic E-state index is 5.48. The lowest BCUT2D eigenvalue weighted by atomic mass is 10.0. The van der Waals surface area contributed by atoms with Crippen molar-refractivity contribution in [2.75, 3.05) is 34.4 Å². The minimum Gasteiger partial charge on any atom is -0.493 e. The van der Waals surface area contributed by atoms with Gasteiger partial charge < -0.3 is 19.7 Å². The fourth-order valence-corrected chi connectivity index (χ4v) is 2.98. The third-order valence-corrected chi connectivity index (χ3v) is 4.09. The van der Waals surface area contributed by atoms with Gasteiger partial charge in [-0.05, 0) is 24.8 Å². The second-order valence-electron chi connectivity index (χ2n) is 5.75. The number of benzene rings is 1. The molecule has 0 spiro atoms. The summed E-state index contributed by atoms with van der Waals surface area (Å²) in [5.74, 6) is 3.21. The Balaban J connectivity index is 2.05. The summed E-state index contributed by atoms with van der Waals surface area (Å²) in [7, 11) is 5.16. The van der Waals surface area contributed by atoms with Crippen LogP contribution < -0.4 is 14.8 Å². The van der Waals surface area contributed by atoms with Gasteiger partial charge in [0.2, 0.25) is 0 Å². The SMILES string of the molecule is CN=C(NCc1cccc(OC)c1OC)N1CCCC(C)C1. The van der Waals surface area contributed by atoms with Crippen molar-refractivity contribution >= 4 is 5.96 Å². The van der Waals surface area contributed by atoms with Gasteiger partial charge in [-0.2, -0.15) is 0 Å². The standard InChI is InChI=1S/C17H27N3O2/c1-13-7-6-10-20(12-13)17(18-2)19-11-14-8-5-9-15(21-3)16(14)22-4/h5,8-9,13H,6-7,10-12H2,1-4H3,(H,18,19). The molecule has 0 amide bonds. The monoisotopic (exact) mass is 305 g/mol. The molecule has 1 heterocycles. The lowest BCUT2D eigenvalue weighted by molar-refractivity contribution is 0.265. The molecule has 0 aromatic heterocycles. The van der Waals surface area contributed by atoms with Gasteiger partial charge in [-0.3, -0.25) is 4.99 Å². The van der Waals surface area contributed by atoms with Crippen molar-refractivity contribution in [2.45, 2.75) is 26.3 Å². The third-order valence-electron chi connectivity index (χ3n) is 4.09. The highest BCUT2D eigenvalue weighted by atomic mass is 16.5. The van der Waals surface area contributed by atoms with E-state index < -0.39 is 0 Å². The number of para-hydroxylation sites is 1. The van der Waals surface area contributed by atoms with Crippen molar-refractivity contribution in [1.29, 1.82) is 0 Å². The molecule has 5 nitrogen and oxygen atoms in total. The molecule has 22 heavy (non-hydrogen) atoms. The number of methoxy groups -OCH3 is 2. The third kappa shape index (κ3) is 3.84. The zero-order valence-electron chi connectivity index (χ0n) is 14.1. The Labute approximate surface area is 133 Å². The van der Waals surface area contributed by atoms with Crippen LogP contribution in [0.25, 0.3) is 0 Å². The topological polar surface area (TPSA) is 46.1 Å². The minimum absolute atomic E-state index is 0.665. The summed E-state index contributed by atoms with van der Waals surface area (Å²) >= 11 is 0. The van der Waals surface area contributed by atoms with Crippen LogP contribution in [0.15, 0.2) is 23.2 Å². The zero-order chi connectivity index (χ0) is 15.9. The smallest absolute Gasteiger partial charge is 0.193 e. The maximum absolute atomic E-state index is 5.48. The first-order valence-corrected chi connectivity index (χ1v) is 7.85. The molecule has 1 aromatic rings. The Morgan fingerprint density at radius 3 is 2.82 bits per heavy atom. The van der Waals surface area contributed by atoms with Gasteiger partial charge in [0.1, 0.15) is 0 Å². The number of ether oxygens (including phenoxy) is 2. The molecule has 1 aromatic carbocycles. The number of likely N-dealkylation sites (tertiary alicyclic amines) is 1.